The second-order valence-corrected chi connectivity index (χ2v) is 5.40. The Morgan fingerprint density at radius 3 is 2.50 bits per heavy atom. The molecule has 1 spiro atoms. The lowest BCUT2D eigenvalue weighted by Gasteiger charge is -2.24. The first kappa shape index (κ1) is 13.1. The first-order chi connectivity index (χ1) is 8.56. The van der Waals surface area contributed by atoms with E-state index in [2.05, 4.69) is 5.32 Å². The van der Waals surface area contributed by atoms with Gasteiger partial charge in [0.2, 0.25) is 0 Å². The smallest absolute Gasteiger partial charge is 0.328 e. The maximum absolute atomic E-state index is 11.9. The number of amides is 2. The maximum Gasteiger partial charge on any atom is 0.328 e. The molecule has 1 aliphatic carbocycles. The van der Waals surface area contributed by atoms with Gasteiger partial charge in [0.1, 0.15) is 0 Å². The number of carbonyl (C=O) groups is 2. The first-order valence-electron chi connectivity index (χ1n) is 6.45. The Morgan fingerprint density at radius 2 is 1.94 bits per heavy atom. The molecule has 3 N–H and O–H groups in total. The van der Waals surface area contributed by atoms with Crippen LogP contribution in [0.1, 0.15) is 32.1 Å². The zero-order chi connectivity index (χ0) is 13.2. The zero-order valence-corrected chi connectivity index (χ0v) is 10.4. The number of nitrogens with zero attached hydrogens (tertiary/aromatic N) is 1. The Labute approximate surface area is 106 Å². The van der Waals surface area contributed by atoms with Crippen LogP contribution in [0.2, 0.25) is 0 Å². The second kappa shape index (κ2) is 5.14. The van der Waals surface area contributed by atoms with Crippen molar-refractivity contribution in [3.8, 4) is 0 Å². The number of hydrogen-bond acceptors (Lipinski definition) is 3. The third kappa shape index (κ3) is 2.58. The van der Waals surface area contributed by atoms with Crippen LogP contribution in [0.4, 0.5) is 4.79 Å². The number of urea groups is 1. The van der Waals surface area contributed by atoms with Crippen molar-refractivity contribution < 1.29 is 19.8 Å². The number of aliphatic hydroxyl groups is 1. The SMILES string of the molecule is O=C(O)C(CO)NC(=O)N1CCC2(CCCC2)C1. The predicted molar refractivity (Wildman–Crippen MR) is 64.1 cm³/mol. The van der Waals surface area contributed by atoms with Crippen LogP contribution in [-0.2, 0) is 4.79 Å². The molecule has 6 heteroatoms. The van der Waals surface area contributed by atoms with Gasteiger partial charge in [0.15, 0.2) is 6.04 Å². The number of carboxylic acids is 1. The Kier molecular flexibility index (Phi) is 3.75. The summed E-state index contributed by atoms with van der Waals surface area (Å²) in [5.74, 6) is -1.21. The molecule has 0 aromatic heterocycles. The average Bonchev–Trinajstić information content (AvgIpc) is 2.96. The molecule has 0 aromatic rings. The van der Waals surface area contributed by atoms with Crippen molar-refractivity contribution in [1.29, 1.82) is 0 Å². The molecule has 0 radical (unpaired) electrons. The molecule has 2 fully saturated rings. The van der Waals surface area contributed by atoms with Crippen LogP contribution in [0.25, 0.3) is 0 Å². The van der Waals surface area contributed by atoms with Crippen LogP contribution in [-0.4, -0.2) is 52.9 Å². The molecule has 1 aliphatic heterocycles. The first-order valence-corrected chi connectivity index (χ1v) is 6.45. The molecule has 1 saturated heterocycles. The fourth-order valence-corrected chi connectivity index (χ4v) is 3.07. The van der Waals surface area contributed by atoms with E-state index in [1.165, 1.54) is 25.7 Å². The monoisotopic (exact) mass is 256 g/mol. The Hall–Kier alpha value is -1.30. The highest BCUT2D eigenvalue weighted by atomic mass is 16.4. The summed E-state index contributed by atoms with van der Waals surface area (Å²) in [6, 6.07) is -1.59. The summed E-state index contributed by atoms with van der Waals surface area (Å²) in [4.78, 5) is 24.3. The summed E-state index contributed by atoms with van der Waals surface area (Å²) in [6.07, 6.45) is 5.79. The van der Waals surface area contributed by atoms with E-state index in [-0.39, 0.29) is 11.4 Å². The molecule has 2 aliphatic rings. The summed E-state index contributed by atoms with van der Waals surface area (Å²) in [5, 5.41) is 20.0. The fourth-order valence-electron chi connectivity index (χ4n) is 3.07. The number of hydrogen-bond donors (Lipinski definition) is 3. The van der Waals surface area contributed by atoms with Crippen molar-refractivity contribution in [3.05, 3.63) is 0 Å². The summed E-state index contributed by atoms with van der Waals surface area (Å²) >= 11 is 0. The lowest BCUT2D eigenvalue weighted by molar-refractivity contribution is -0.140. The van der Waals surface area contributed by atoms with Gasteiger partial charge >= 0.3 is 12.0 Å². The van der Waals surface area contributed by atoms with Gasteiger partial charge in [0.05, 0.1) is 6.61 Å². The molecular weight excluding hydrogens is 236 g/mol. The molecule has 2 amide bonds. The lowest BCUT2D eigenvalue weighted by atomic mass is 9.86. The van der Waals surface area contributed by atoms with Crippen LogP contribution >= 0.6 is 0 Å². The maximum atomic E-state index is 11.9. The minimum atomic E-state index is -1.21. The third-order valence-electron chi connectivity index (χ3n) is 4.17. The normalized spacial score (nSPS) is 23.3. The Balaban J connectivity index is 1.89. The number of likely N-dealkylation sites (tertiary alicyclic amines) is 1. The van der Waals surface area contributed by atoms with Gasteiger partial charge in [-0.2, -0.15) is 0 Å². The van der Waals surface area contributed by atoms with Crippen molar-refractivity contribution >= 4 is 12.0 Å². The number of nitrogens with one attached hydrogen (secondary N) is 1. The van der Waals surface area contributed by atoms with E-state index < -0.39 is 18.6 Å². The molecule has 1 heterocycles. The minimum absolute atomic E-state index is 0.273. The molecule has 2 rings (SSSR count). The highest BCUT2D eigenvalue weighted by Crippen LogP contribution is 2.45. The number of rotatable bonds is 3. The molecule has 1 atom stereocenters. The van der Waals surface area contributed by atoms with E-state index in [1.807, 2.05) is 0 Å². The van der Waals surface area contributed by atoms with Gasteiger partial charge in [-0.15, -0.1) is 0 Å². The zero-order valence-electron chi connectivity index (χ0n) is 10.4. The highest BCUT2D eigenvalue weighted by molar-refractivity contribution is 5.82. The van der Waals surface area contributed by atoms with Crippen LogP contribution in [0.5, 0.6) is 0 Å². The molecular formula is C12H20N2O4. The van der Waals surface area contributed by atoms with Gasteiger partial charge in [-0.3, -0.25) is 0 Å². The summed E-state index contributed by atoms with van der Waals surface area (Å²) in [7, 11) is 0. The van der Waals surface area contributed by atoms with Crippen molar-refractivity contribution in [2.24, 2.45) is 5.41 Å². The topological polar surface area (TPSA) is 89.9 Å². The summed E-state index contributed by atoms with van der Waals surface area (Å²) in [5.41, 5.74) is 0.273. The minimum Gasteiger partial charge on any atom is -0.480 e. The van der Waals surface area contributed by atoms with E-state index >= 15 is 0 Å². The quantitative estimate of drug-likeness (QED) is 0.682. The third-order valence-corrected chi connectivity index (χ3v) is 4.17. The predicted octanol–water partition coefficient (Wildman–Crippen LogP) is 0.408. The Bertz CT molecular complexity index is 339. The summed E-state index contributed by atoms with van der Waals surface area (Å²) in [6.45, 7) is 0.820. The fraction of sp³-hybridized carbons (Fsp3) is 0.833. The van der Waals surface area contributed by atoms with Crippen LogP contribution in [0, 0.1) is 5.41 Å². The van der Waals surface area contributed by atoms with Gasteiger partial charge in [0.25, 0.3) is 0 Å². The molecule has 1 saturated carbocycles. The number of aliphatic hydroxyl groups excluding tert-OH is 1. The molecule has 1 unspecified atom stereocenters. The Morgan fingerprint density at radius 1 is 1.28 bits per heavy atom. The summed E-state index contributed by atoms with van der Waals surface area (Å²) < 4.78 is 0. The van der Waals surface area contributed by atoms with Gasteiger partial charge in [-0.1, -0.05) is 12.8 Å². The van der Waals surface area contributed by atoms with Crippen LogP contribution < -0.4 is 5.32 Å². The number of carboxylic acid groups (broad SMARTS) is 1. The van der Waals surface area contributed by atoms with Crippen molar-refractivity contribution in [3.63, 3.8) is 0 Å². The number of aliphatic carboxylic acids is 1. The second-order valence-electron chi connectivity index (χ2n) is 5.40. The van der Waals surface area contributed by atoms with Crippen LogP contribution in [0.15, 0.2) is 0 Å². The van der Waals surface area contributed by atoms with Gasteiger partial charge in [0, 0.05) is 13.1 Å². The van der Waals surface area contributed by atoms with E-state index in [0.717, 1.165) is 13.0 Å². The lowest BCUT2D eigenvalue weighted by Crippen LogP contribution is -2.49. The number of carbonyl (C=O) groups excluding carboxylic acids is 1. The molecule has 0 aromatic carbocycles. The highest BCUT2D eigenvalue weighted by Gasteiger charge is 2.42. The largest absolute Gasteiger partial charge is 0.480 e. The average molecular weight is 256 g/mol. The van der Waals surface area contributed by atoms with Crippen molar-refractivity contribution in [2.45, 2.75) is 38.1 Å². The van der Waals surface area contributed by atoms with Gasteiger partial charge in [-0.05, 0) is 24.7 Å². The molecule has 0 bridgehead atoms. The van der Waals surface area contributed by atoms with Crippen molar-refractivity contribution in [2.75, 3.05) is 19.7 Å². The molecule has 6 nitrogen and oxygen atoms in total. The van der Waals surface area contributed by atoms with Crippen LogP contribution in [0.3, 0.4) is 0 Å². The van der Waals surface area contributed by atoms with E-state index in [9.17, 15) is 9.59 Å². The van der Waals surface area contributed by atoms with E-state index in [1.54, 1.807) is 4.90 Å². The molecule has 18 heavy (non-hydrogen) atoms. The molecule has 102 valence electrons. The van der Waals surface area contributed by atoms with Crippen molar-refractivity contribution in [1.82, 2.24) is 10.2 Å². The van der Waals surface area contributed by atoms with E-state index in [4.69, 9.17) is 10.2 Å². The van der Waals surface area contributed by atoms with E-state index in [0.29, 0.717) is 6.54 Å². The standard InChI is InChI=1S/C12H20N2O4/c15-7-9(10(16)17)13-11(18)14-6-5-12(8-14)3-1-2-4-12/h9,15H,1-8H2,(H,13,18)(H,16,17). The van der Waals surface area contributed by atoms with Gasteiger partial charge < -0.3 is 20.4 Å². The van der Waals surface area contributed by atoms with Gasteiger partial charge in [-0.25, -0.2) is 9.59 Å².